The normalized spacial score (nSPS) is 15.1. The fourth-order valence-corrected chi connectivity index (χ4v) is 3.44. The summed E-state index contributed by atoms with van der Waals surface area (Å²) in [5, 5.41) is 7.42. The van der Waals surface area contributed by atoms with Crippen LogP contribution in [0.4, 0.5) is 18.9 Å². The van der Waals surface area contributed by atoms with Gasteiger partial charge >= 0.3 is 6.18 Å². The van der Waals surface area contributed by atoms with Crippen LogP contribution in [0.3, 0.4) is 0 Å². The van der Waals surface area contributed by atoms with Gasteiger partial charge in [0.25, 0.3) is 0 Å². The molecule has 0 saturated carbocycles. The Bertz CT molecular complexity index is 1030. The van der Waals surface area contributed by atoms with E-state index in [1.165, 1.54) is 6.07 Å². The molecule has 9 heteroatoms. The predicted molar refractivity (Wildman–Crippen MR) is 118 cm³/mol. The molecule has 0 spiro atoms. The number of anilines is 1. The van der Waals surface area contributed by atoms with Crippen LogP contribution in [0.5, 0.6) is 5.75 Å². The van der Waals surface area contributed by atoms with Crippen LogP contribution in [0, 0.1) is 17.3 Å². The van der Waals surface area contributed by atoms with Crippen molar-refractivity contribution in [2.45, 2.75) is 12.7 Å². The van der Waals surface area contributed by atoms with Gasteiger partial charge in [0.2, 0.25) is 0 Å². The molecular formula is C23H26F3N5O. The summed E-state index contributed by atoms with van der Waals surface area (Å²) in [6, 6.07) is 8.89. The Labute approximate surface area is 185 Å². The average molecular weight is 445 g/mol. The Morgan fingerprint density at radius 2 is 1.84 bits per heavy atom. The van der Waals surface area contributed by atoms with Gasteiger partial charge in [-0.1, -0.05) is 17.9 Å². The smallest absolute Gasteiger partial charge is 0.416 e. The molecule has 0 bridgehead atoms. The van der Waals surface area contributed by atoms with Crippen LogP contribution in [0.15, 0.2) is 36.4 Å². The van der Waals surface area contributed by atoms with Gasteiger partial charge in [-0.05, 0) is 42.9 Å². The van der Waals surface area contributed by atoms with E-state index in [0.717, 1.165) is 32.2 Å². The predicted octanol–water partition coefficient (Wildman–Crippen LogP) is 2.75. The Balaban J connectivity index is 1.67. The van der Waals surface area contributed by atoms with Crippen molar-refractivity contribution in [2.75, 3.05) is 45.6 Å². The first-order chi connectivity index (χ1) is 15.1. The number of nitrogens with one attached hydrogen (secondary N) is 1. The first-order valence-corrected chi connectivity index (χ1v) is 10.1. The Hall–Kier alpha value is -3.22. The quantitative estimate of drug-likeness (QED) is 0.285. The molecule has 5 N–H and O–H groups in total. The number of hydrogen-bond donors (Lipinski definition) is 3. The van der Waals surface area contributed by atoms with E-state index in [1.807, 2.05) is 11.9 Å². The molecule has 2 aromatic rings. The highest BCUT2D eigenvalue weighted by atomic mass is 19.4. The van der Waals surface area contributed by atoms with Gasteiger partial charge in [-0.15, -0.1) is 0 Å². The van der Waals surface area contributed by atoms with Gasteiger partial charge in [-0.25, -0.2) is 0 Å². The number of rotatable bonds is 5. The van der Waals surface area contributed by atoms with E-state index in [2.05, 4.69) is 16.7 Å². The maximum Gasteiger partial charge on any atom is 0.416 e. The zero-order chi connectivity index (χ0) is 23.3. The van der Waals surface area contributed by atoms with Crippen LogP contribution >= 0.6 is 0 Å². The van der Waals surface area contributed by atoms with Crippen molar-refractivity contribution in [3.8, 4) is 17.6 Å². The molecule has 1 heterocycles. The Morgan fingerprint density at radius 3 is 2.47 bits per heavy atom. The summed E-state index contributed by atoms with van der Waals surface area (Å²) in [7, 11) is 2.00. The summed E-state index contributed by atoms with van der Waals surface area (Å²) < 4.78 is 46.3. The molecule has 1 aliphatic heterocycles. The highest BCUT2D eigenvalue weighted by Crippen LogP contribution is 2.35. The summed E-state index contributed by atoms with van der Waals surface area (Å²) in [4.78, 5) is 4.19. The molecule has 1 fully saturated rings. The van der Waals surface area contributed by atoms with Crippen LogP contribution in [0.25, 0.3) is 0 Å². The van der Waals surface area contributed by atoms with E-state index < -0.39 is 11.7 Å². The lowest BCUT2D eigenvalue weighted by atomic mass is 10.1. The van der Waals surface area contributed by atoms with Crippen LogP contribution in [0.1, 0.15) is 22.3 Å². The van der Waals surface area contributed by atoms with Gasteiger partial charge in [0.15, 0.2) is 0 Å². The number of halogens is 3. The van der Waals surface area contributed by atoms with Crippen molar-refractivity contribution in [1.82, 2.24) is 9.80 Å². The topological polar surface area (TPSA) is 91.6 Å². The number of benzene rings is 2. The zero-order valence-corrected chi connectivity index (χ0v) is 17.8. The molecule has 2 aromatic carbocycles. The maximum absolute atomic E-state index is 13.6. The standard InChI is InChI=1S/C23H26F3N5O/c1-30-8-10-31(11-9-30)15-17-5-6-18(14-20(17)23(24,25)26)32-12-2-3-16-4-7-19(22(28)29)21(27)13-16/h4-7,13-14H,8-12,15,27H2,1H3,(H3,28,29). The van der Waals surface area contributed by atoms with E-state index in [9.17, 15) is 13.2 Å². The second-order valence-electron chi connectivity index (χ2n) is 7.70. The van der Waals surface area contributed by atoms with Crippen molar-refractivity contribution in [3.63, 3.8) is 0 Å². The van der Waals surface area contributed by atoms with Gasteiger partial charge in [-0.3, -0.25) is 10.3 Å². The largest absolute Gasteiger partial charge is 0.481 e. The highest BCUT2D eigenvalue weighted by Gasteiger charge is 2.34. The number of hydrogen-bond acceptors (Lipinski definition) is 5. The lowest BCUT2D eigenvalue weighted by molar-refractivity contribution is -0.138. The molecule has 0 amide bonds. The Kier molecular flexibility index (Phi) is 7.28. The van der Waals surface area contributed by atoms with Crippen LogP contribution in [-0.4, -0.2) is 55.5 Å². The zero-order valence-electron chi connectivity index (χ0n) is 17.8. The van der Waals surface area contributed by atoms with Gasteiger partial charge in [-0.2, -0.15) is 13.2 Å². The number of likely N-dealkylation sites (N-methyl/N-ethyl adjacent to an activating group) is 1. The molecular weight excluding hydrogens is 419 g/mol. The minimum atomic E-state index is -4.47. The third kappa shape index (κ3) is 6.15. The number of alkyl halides is 3. The number of nitrogens with zero attached hydrogens (tertiary/aromatic N) is 2. The minimum absolute atomic E-state index is 0.0799. The van der Waals surface area contributed by atoms with Crippen molar-refractivity contribution < 1.29 is 17.9 Å². The molecule has 3 rings (SSSR count). The third-order valence-electron chi connectivity index (χ3n) is 5.26. The van der Waals surface area contributed by atoms with Crippen molar-refractivity contribution >= 4 is 11.5 Å². The first-order valence-electron chi connectivity index (χ1n) is 10.1. The fourth-order valence-electron chi connectivity index (χ4n) is 3.44. The van der Waals surface area contributed by atoms with E-state index in [-0.39, 0.29) is 30.3 Å². The number of amidine groups is 1. The summed E-state index contributed by atoms with van der Waals surface area (Å²) in [6.07, 6.45) is -4.47. The van der Waals surface area contributed by atoms with Crippen molar-refractivity contribution in [2.24, 2.45) is 5.73 Å². The van der Waals surface area contributed by atoms with E-state index >= 15 is 0 Å². The molecule has 6 nitrogen and oxygen atoms in total. The lowest BCUT2D eigenvalue weighted by Crippen LogP contribution is -2.44. The molecule has 1 aliphatic rings. The molecule has 0 radical (unpaired) electrons. The lowest BCUT2D eigenvalue weighted by Gasteiger charge is -2.32. The molecule has 0 aromatic heterocycles. The first kappa shape index (κ1) is 23.4. The van der Waals surface area contributed by atoms with Crippen LogP contribution in [0.2, 0.25) is 0 Å². The maximum atomic E-state index is 13.6. The van der Waals surface area contributed by atoms with Crippen molar-refractivity contribution in [1.29, 1.82) is 5.41 Å². The molecule has 0 aliphatic carbocycles. The minimum Gasteiger partial charge on any atom is -0.481 e. The molecule has 1 saturated heterocycles. The van der Waals surface area contributed by atoms with Gasteiger partial charge in [0, 0.05) is 49.5 Å². The average Bonchev–Trinajstić information content (AvgIpc) is 2.72. The fraction of sp³-hybridized carbons (Fsp3) is 0.348. The van der Waals surface area contributed by atoms with E-state index in [4.69, 9.17) is 21.6 Å². The number of nitrogens with two attached hydrogens (primary N) is 2. The summed E-state index contributed by atoms with van der Waals surface area (Å²) >= 11 is 0. The second kappa shape index (κ2) is 9.94. The summed E-state index contributed by atoms with van der Waals surface area (Å²) in [5.74, 6) is 5.57. The molecule has 170 valence electrons. The van der Waals surface area contributed by atoms with Crippen molar-refractivity contribution in [3.05, 3.63) is 58.7 Å². The van der Waals surface area contributed by atoms with E-state index in [0.29, 0.717) is 16.8 Å². The van der Waals surface area contributed by atoms with Gasteiger partial charge in [0.1, 0.15) is 18.2 Å². The van der Waals surface area contributed by atoms with Crippen LogP contribution < -0.4 is 16.2 Å². The van der Waals surface area contributed by atoms with Crippen LogP contribution in [-0.2, 0) is 12.7 Å². The number of nitrogen functional groups attached to an aromatic ring is 2. The second-order valence-corrected chi connectivity index (χ2v) is 7.70. The van der Waals surface area contributed by atoms with Gasteiger partial charge in [0.05, 0.1) is 5.56 Å². The highest BCUT2D eigenvalue weighted by molar-refractivity contribution is 5.99. The molecule has 0 atom stereocenters. The SMILES string of the molecule is CN1CCN(Cc2ccc(OCC#Cc3ccc(C(=N)N)c(N)c3)cc2C(F)(F)F)CC1. The Morgan fingerprint density at radius 1 is 1.12 bits per heavy atom. The van der Waals surface area contributed by atoms with Gasteiger partial charge < -0.3 is 21.1 Å². The number of piperazine rings is 1. The van der Waals surface area contributed by atoms with E-state index in [1.54, 1.807) is 24.3 Å². The number of ether oxygens (including phenoxy) is 1. The monoisotopic (exact) mass is 445 g/mol. The molecule has 0 unspecified atom stereocenters. The third-order valence-corrected chi connectivity index (χ3v) is 5.26. The summed E-state index contributed by atoms with van der Waals surface area (Å²) in [5.41, 5.74) is 12.1. The molecule has 32 heavy (non-hydrogen) atoms. The summed E-state index contributed by atoms with van der Waals surface area (Å²) in [6.45, 7) is 3.32.